The maximum Gasteiger partial charge on any atom is 0.0695 e. The summed E-state index contributed by atoms with van der Waals surface area (Å²) in [6, 6.07) is 0.420. The highest BCUT2D eigenvalue weighted by Gasteiger charge is 2.32. The Morgan fingerprint density at radius 1 is 1.13 bits per heavy atom. The van der Waals surface area contributed by atoms with Crippen LogP contribution >= 0.6 is 0 Å². The lowest BCUT2D eigenvalue weighted by atomic mass is 10.0. The molecule has 3 heteroatoms. The van der Waals surface area contributed by atoms with Gasteiger partial charge in [-0.15, -0.1) is 0 Å². The van der Waals surface area contributed by atoms with Crippen molar-refractivity contribution in [3.63, 3.8) is 0 Å². The Morgan fingerprint density at radius 2 is 1.93 bits per heavy atom. The van der Waals surface area contributed by atoms with E-state index in [0.29, 0.717) is 12.0 Å². The smallest absolute Gasteiger partial charge is 0.0695 e. The molecule has 3 N–H and O–H groups in total. The first-order valence-electron chi connectivity index (χ1n) is 6.43. The van der Waals surface area contributed by atoms with E-state index in [4.69, 9.17) is 5.73 Å². The lowest BCUT2D eigenvalue weighted by molar-refractivity contribution is 0.0551. The fourth-order valence-corrected chi connectivity index (χ4v) is 3.05. The minimum atomic E-state index is -0.0935. The predicted molar refractivity (Wildman–Crippen MR) is 61.6 cm³/mol. The van der Waals surface area contributed by atoms with Gasteiger partial charge in [-0.25, -0.2) is 0 Å². The van der Waals surface area contributed by atoms with E-state index in [1.807, 2.05) is 0 Å². The molecule has 0 bridgehead atoms. The van der Waals surface area contributed by atoms with Crippen molar-refractivity contribution in [2.24, 2.45) is 11.7 Å². The highest BCUT2D eigenvalue weighted by atomic mass is 16.3. The van der Waals surface area contributed by atoms with Gasteiger partial charge in [-0.2, -0.15) is 0 Å². The zero-order valence-corrected chi connectivity index (χ0v) is 9.57. The van der Waals surface area contributed by atoms with Crippen LogP contribution in [0.1, 0.15) is 38.5 Å². The maximum absolute atomic E-state index is 10.1. The quantitative estimate of drug-likeness (QED) is 0.670. The fourth-order valence-electron chi connectivity index (χ4n) is 3.05. The van der Waals surface area contributed by atoms with Gasteiger partial charge in [0.15, 0.2) is 0 Å². The summed E-state index contributed by atoms with van der Waals surface area (Å²) in [6.45, 7) is 3.06. The van der Waals surface area contributed by atoms with Crippen LogP contribution in [0.2, 0.25) is 0 Å². The zero-order chi connectivity index (χ0) is 10.7. The van der Waals surface area contributed by atoms with Gasteiger partial charge in [-0.05, 0) is 38.3 Å². The first kappa shape index (κ1) is 11.4. The monoisotopic (exact) mass is 212 g/mol. The normalized spacial score (nSPS) is 39.2. The molecule has 1 aliphatic carbocycles. The van der Waals surface area contributed by atoms with Crippen molar-refractivity contribution in [1.29, 1.82) is 0 Å². The average Bonchev–Trinajstić information content (AvgIpc) is 2.62. The highest BCUT2D eigenvalue weighted by Crippen LogP contribution is 2.27. The first-order chi connectivity index (χ1) is 7.31. The fraction of sp³-hybridized carbons (Fsp3) is 1.00. The van der Waals surface area contributed by atoms with Gasteiger partial charge in [-0.1, -0.05) is 19.3 Å². The number of nitrogens with two attached hydrogens (primary N) is 1. The van der Waals surface area contributed by atoms with Crippen LogP contribution in [-0.4, -0.2) is 41.8 Å². The van der Waals surface area contributed by atoms with E-state index in [-0.39, 0.29) is 6.10 Å². The van der Waals surface area contributed by atoms with Crippen LogP contribution in [0.25, 0.3) is 0 Å². The zero-order valence-electron chi connectivity index (χ0n) is 9.57. The summed E-state index contributed by atoms with van der Waals surface area (Å²) < 4.78 is 0. The molecule has 3 unspecified atom stereocenters. The van der Waals surface area contributed by atoms with E-state index in [1.54, 1.807) is 0 Å². The van der Waals surface area contributed by atoms with Crippen molar-refractivity contribution in [1.82, 2.24) is 4.90 Å². The number of hydrogen-bond acceptors (Lipinski definition) is 3. The largest absolute Gasteiger partial charge is 0.391 e. The lowest BCUT2D eigenvalue weighted by Gasteiger charge is -2.30. The average molecular weight is 212 g/mol. The Labute approximate surface area is 92.6 Å². The third-order valence-corrected chi connectivity index (χ3v) is 4.06. The lowest BCUT2D eigenvalue weighted by Crippen LogP contribution is -2.42. The molecule has 0 spiro atoms. The van der Waals surface area contributed by atoms with Gasteiger partial charge >= 0.3 is 0 Å². The number of hydrogen-bond donors (Lipinski definition) is 2. The molecule has 15 heavy (non-hydrogen) atoms. The number of aliphatic hydroxyl groups excluding tert-OH is 1. The van der Waals surface area contributed by atoms with E-state index in [1.165, 1.54) is 32.1 Å². The van der Waals surface area contributed by atoms with Gasteiger partial charge in [-0.3, -0.25) is 4.90 Å². The molecule has 0 aromatic heterocycles. The standard InChI is InChI=1S/C12H24N2O/c13-8-10-6-7-14(9-10)11-4-2-1-3-5-12(11)15/h10-12,15H,1-9,13H2. The van der Waals surface area contributed by atoms with Crippen LogP contribution in [0.3, 0.4) is 0 Å². The van der Waals surface area contributed by atoms with Gasteiger partial charge in [0.25, 0.3) is 0 Å². The molecule has 2 rings (SSSR count). The molecule has 1 saturated carbocycles. The van der Waals surface area contributed by atoms with Crippen molar-refractivity contribution in [3.8, 4) is 0 Å². The predicted octanol–water partition coefficient (Wildman–Crippen LogP) is 0.961. The van der Waals surface area contributed by atoms with Gasteiger partial charge in [0.05, 0.1) is 6.10 Å². The second kappa shape index (κ2) is 5.28. The summed E-state index contributed by atoms with van der Waals surface area (Å²) in [6.07, 6.45) is 7.08. The number of likely N-dealkylation sites (tertiary alicyclic amines) is 1. The second-order valence-corrected chi connectivity index (χ2v) is 5.16. The molecule has 1 aliphatic heterocycles. The Bertz CT molecular complexity index is 198. The summed E-state index contributed by atoms with van der Waals surface area (Å²) in [5.74, 6) is 0.667. The Balaban J connectivity index is 1.90. The molecule has 3 atom stereocenters. The van der Waals surface area contributed by atoms with E-state index < -0.39 is 0 Å². The third-order valence-electron chi connectivity index (χ3n) is 4.06. The van der Waals surface area contributed by atoms with Crippen LogP contribution in [0.5, 0.6) is 0 Å². The summed E-state index contributed by atoms with van der Waals surface area (Å²) in [5.41, 5.74) is 5.70. The summed E-state index contributed by atoms with van der Waals surface area (Å²) in [5, 5.41) is 10.1. The summed E-state index contributed by atoms with van der Waals surface area (Å²) in [4.78, 5) is 2.48. The molecule has 0 aromatic rings. The third kappa shape index (κ3) is 2.71. The van der Waals surface area contributed by atoms with E-state index in [9.17, 15) is 5.11 Å². The van der Waals surface area contributed by atoms with E-state index >= 15 is 0 Å². The van der Waals surface area contributed by atoms with Crippen molar-refractivity contribution in [2.75, 3.05) is 19.6 Å². The highest BCUT2D eigenvalue weighted by molar-refractivity contribution is 4.87. The van der Waals surface area contributed by atoms with Crippen LogP contribution in [-0.2, 0) is 0 Å². The second-order valence-electron chi connectivity index (χ2n) is 5.16. The van der Waals surface area contributed by atoms with Crippen molar-refractivity contribution < 1.29 is 5.11 Å². The molecule has 88 valence electrons. The molecular weight excluding hydrogens is 188 g/mol. The molecule has 0 radical (unpaired) electrons. The number of nitrogens with zero attached hydrogens (tertiary/aromatic N) is 1. The van der Waals surface area contributed by atoms with Gasteiger partial charge in [0.1, 0.15) is 0 Å². The first-order valence-corrected chi connectivity index (χ1v) is 6.43. The molecule has 3 nitrogen and oxygen atoms in total. The Kier molecular flexibility index (Phi) is 4.00. The van der Waals surface area contributed by atoms with E-state index in [0.717, 1.165) is 26.1 Å². The van der Waals surface area contributed by atoms with Crippen molar-refractivity contribution in [2.45, 2.75) is 50.7 Å². The summed E-state index contributed by atoms with van der Waals surface area (Å²) >= 11 is 0. The molecule has 0 aromatic carbocycles. The number of rotatable bonds is 2. The van der Waals surface area contributed by atoms with Crippen LogP contribution < -0.4 is 5.73 Å². The molecular formula is C12H24N2O. The Hall–Kier alpha value is -0.120. The Morgan fingerprint density at radius 3 is 2.67 bits per heavy atom. The van der Waals surface area contributed by atoms with Crippen LogP contribution in [0.4, 0.5) is 0 Å². The summed E-state index contributed by atoms with van der Waals surface area (Å²) in [7, 11) is 0. The van der Waals surface area contributed by atoms with Gasteiger partial charge in [0, 0.05) is 12.6 Å². The van der Waals surface area contributed by atoms with E-state index in [2.05, 4.69) is 4.90 Å². The topological polar surface area (TPSA) is 49.5 Å². The molecule has 0 amide bonds. The van der Waals surface area contributed by atoms with Gasteiger partial charge in [0.2, 0.25) is 0 Å². The van der Waals surface area contributed by atoms with Gasteiger partial charge < -0.3 is 10.8 Å². The molecule has 1 saturated heterocycles. The maximum atomic E-state index is 10.1. The minimum absolute atomic E-state index is 0.0935. The van der Waals surface area contributed by atoms with Crippen molar-refractivity contribution >= 4 is 0 Å². The molecule has 2 fully saturated rings. The van der Waals surface area contributed by atoms with Crippen molar-refractivity contribution in [3.05, 3.63) is 0 Å². The molecule has 2 aliphatic rings. The number of aliphatic hydroxyl groups is 1. The minimum Gasteiger partial charge on any atom is -0.391 e. The SMILES string of the molecule is NCC1CCN(C2CCCCCC2O)C1. The molecule has 1 heterocycles. The van der Waals surface area contributed by atoms with Crippen LogP contribution in [0.15, 0.2) is 0 Å². The van der Waals surface area contributed by atoms with Crippen LogP contribution in [0, 0.1) is 5.92 Å².